The van der Waals surface area contributed by atoms with Crippen molar-refractivity contribution in [2.45, 2.75) is 6.54 Å². The first-order chi connectivity index (χ1) is 8.66. The molecule has 4 nitrogen and oxygen atoms in total. The number of carbonyl (C=O) groups excluding carboxylic acids is 1. The Morgan fingerprint density at radius 3 is 2.83 bits per heavy atom. The molecule has 96 valence electrons. The molecule has 0 aromatic heterocycles. The molecule has 0 fully saturated rings. The van der Waals surface area contributed by atoms with Crippen LogP contribution in [0.15, 0.2) is 30.2 Å². The van der Waals surface area contributed by atoms with Crippen LogP contribution in [0.3, 0.4) is 0 Å². The molecule has 0 radical (unpaired) electrons. The molecule has 2 rings (SSSR count). The normalized spacial score (nSPS) is 14.2. The summed E-state index contributed by atoms with van der Waals surface area (Å²) in [4.78, 5) is 11.7. The molecule has 1 amide bonds. The minimum atomic E-state index is -0.333. The van der Waals surface area contributed by atoms with Gasteiger partial charge in [-0.25, -0.2) is 0 Å². The molecule has 0 bridgehead atoms. The van der Waals surface area contributed by atoms with Crippen LogP contribution in [0.4, 0.5) is 0 Å². The molecule has 0 atom stereocenters. The van der Waals surface area contributed by atoms with Gasteiger partial charge in [-0.1, -0.05) is 29.3 Å². The van der Waals surface area contributed by atoms with Crippen molar-refractivity contribution < 1.29 is 14.3 Å². The van der Waals surface area contributed by atoms with Crippen molar-refractivity contribution >= 4 is 29.1 Å². The summed E-state index contributed by atoms with van der Waals surface area (Å²) in [7, 11) is 0. The van der Waals surface area contributed by atoms with Crippen molar-refractivity contribution in [2.75, 3.05) is 13.2 Å². The number of hydrogen-bond acceptors (Lipinski definition) is 3. The van der Waals surface area contributed by atoms with Gasteiger partial charge in [0, 0.05) is 16.6 Å². The molecule has 0 spiro atoms. The predicted molar refractivity (Wildman–Crippen MR) is 68.3 cm³/mol. The van der Waals surface area contributed by atoms with Crippen molar-refractivity contribution in [3.63, 3.8) is 0 Å². The van der Waals surface area contributed by atoms with Gasteiger partial charge in [0.15, 0.2) is 0 Å². The number of carbonyl (C=O) groups is 1. The Balaban J connectivity index is 1.94. The quantitative estimate of drug-likeness (QED) is 0.929. The van der Waals surface area contributed by atoms with Crippen LogP contribution in [0, 0.1) is 0 Å². The van der Waals surface area contributed by atoms with Crippen molar-refractivity contribution in [1.29, 1.82) is 0 Å². The van der Waals surface area contributed by atoms with E-state index in [0.717, 1.165) is 5.56 Å². The van der Waals surface area contributed by atoms with Crippen LogP contribution in [-0.2, 0) is 20.8 Å². The van der Waals surface area contributed by atoms with Crippen LogP contribution in [0.1, 0.15) is 5.56 Å². The highest BCUT2D eigenvalue weighted by Gasteiger charge is 2.14. The summed E-state index contributed by atoms with van der Waals surface area (Å²) in [5, 5.41) is 3.76. The summed E-state index contributed by atoms with van der Waals surface area (Å²) in [6.07, 6.45) is 1.31. The molecule has 1 aliphatic heterocycles. The second-order valence-electron chi connectivity index (χ2n) is 3.62. The highest BCUT2D eigenvalue weighted by molar-refractivity contribution is 6.35. The molecular weight excluding hydrogens is 277 g/mol. The van der Waals surface area contributed by atoms with Crippen molar-refractivity contribution in [3.05, 3.63) is 45.8 Å². The van der Waals surface area contributed by atoms with E-state index in [9.17, 15) is 4.79 Å². The van der Waals surface area contributed by atoms with E-state index < -0.39 is 0 Å². The summed E-state index contributed by atoms with van der Waals surface area (Å²) in [5.41, 5.74) is 0.784. The molecule has 1 aromatic carbocycles. The molecule has 0 unspecified atom stereocenters. The molecule has 1 aromatic rings. The number of hydrogen-bond donors (Lipinski definition) is 1. The van der Waals surface area contributed by atoms with E-state index >= 15 is 0 Å². The van der Waals surface area contributed by atoms with Crippen LogP contribution in [-0.4, -0.2) is 19.1 Å². The Bertz CT molecular complexity index is 488. The van der Waals surface area contributed by atoms with E-state index in [4.69, 9.17) is 32.7 Å². The minimum Gasteiger partial charge on any atom is -0.494 e. The molecule has 18 heavy (non-hydrogen) atoms. The fraction of sp³-hybridized carbons (Fsp3) is 0.250. The number of halogens is 2. The Morgan fingerprint density at radius 1 is 1.33 bits per heavy atom. The zero-order chi connectivity index (χ0) is 13.0. The number of ether oxygens (including phenoxy) is 2. The highest BCUT2D eigenvalue weighted by atomic mass is 35.5. The lowest BCUT2D eigenvalue weighted by molar-refractivity contribution is -0.122. The molecule has 1 heterocycles. The maximum Gasteiger partial charge on any atom is 0.289 e. The monoisotopic (exact) mass is 287 g/mol. The molecular formula is C12H11Cl2NO3. The van der Waals surface area contributed by atoms with Crippen molar-refractivity contribution in [3.8, 4) is 0 Å². The van der Waals surface area contributed by atoms with E-state index in [1.165, 1.54) is 6.26 Å². The van der Waals surface area contributed by atoms with Crippen LogP contribution < -0.4 is 5.32 Å². The Hall–Kier alpha value is -1.39. The van der Waals surface area contributed by atoms with E-state index in [0.29, 0.717) is 29.8 Å². The van der Waals surface area contributed by atoms with Gasteiger partial charge in [-0.05, 0) is 17.7 Å². The predicted octanol–water partition coefficient (Wildman–Crippen LogP) is 2.50. The lowest BCUT2D eigenvalue weighted by Gasteiger charge is -2.15. The molecule has 1 N–H and O–H groups in total. The SMILES string of the molecule is O=C(NCc1ccc(Cl)cc1Cl)C1=COCCO1. The van der Waals surface area contributed by atoms with Crippen molar-refractivity contribution in [1.82, 2.24) is 5.32 Å². The number of amides is 1. The zero-order valence-electron chi connectivity index (χ0n) is 9.41. The Morgan fingerprint density at radius 2 is 2.17 bits per heavy atom. The molecule has 0 aliphatic carbocycles. The average Bonchev–Trinajstić information content (AvgIpc) is 2.38. The van der Waals surface area contributed by atoms with E-state index in [-0.39, 0.29) is 11.7 Å². The molecule has 1 aliphatic rings. The number of benzene rings is 1. The van der Waals surface area contributed by atoms with Gasteiger partial charge >= 0.3 is 0 Å². The molecule has 6 heteroatoms. The summed E-state index contributed by atoms with van der Waals surface area (Å²) < 4.78 is 10.2. The zero-order valence-corrected chi connectivity index (χ0v) is 10.9. The van der Waals surface area contributed by atoms with Gasteiger partial charge in [0.05, 0.1) is 0 Å². The summed E-state index contributed by atoms with van der Waals surface area (Å²) >= 11 is 11.8. The van der Waals surface area contributed by atoms with Crippen LogP contribution in [0.25, 0.3) is 0 Å². The van der Waals surface area contributed by atoms with E-state index in [1.807, 2.05) is 0 Å². The van der Waals surface area contributed by atoms with E-state index in [1.54, 1.807) is 18.2 Å². The summed E-state index contributed by atoms with van der Waals surface area (Å²) in [6, 6.07) is 5.11. The lowest BCUT2D eigenvalue weighted by Crippen LogP contribution is -2.28. The molecule has 0 saturated heterocycles. The molecule has 0 saturated carbocycles. The first kappa shape index (κ1) is 13.1. The van der Waals surface area contributed by atoms with E-state index in [2.05, 4.69) is 5.32 Å². The third kappa shape index (κ3) is 3.31. The Labute approximate surface area is 114 Å². The topological polar surface area (TPSA) is 47.6 Å². The number of nitrogens with one attached hydrogen (secondary N) is 1. The maximum atomic E-state index is 11.7. The maximum absolute atomic E-state index is 11.7. The highest BCUT2D eigenvalue weighted by Crippen LogP contribution is 2.20. The minimum absolute atomic E-state index is 0.173. The van der Waals surface area contributed by atoms with Crippen molar-refractivity contribution in [2.24, 2.45) is 0 Å². The summed E-state index contributed by atoms with van der Waals surface area (Å²) in [6.45, 7) is 1.14. The number of rotatable bonds is 3. The second kappa shape index (κ2) is 5.98. The van der Waals surface area contributed by atoms with Gasteiger partial charge in [-0.3, -0.25) is 4.79 Å². The van der Waals surface area contributed by atoms with Gasteiger partial charge in [0.25, 0.3) is 5.91 Å². The largest absolute Gasteiger partial charge is 0.494 e. The first-order valence-electron chi connectivity index (χ1n) is 5.33. The van der Waals surface area contributed by atoms with Gasteiger partial charge in [0.1, 0.15) is 19.5 Å². The lowest BCUT2D eigenvalue weighted by atomic mass is 10.2. The van der Waals surface area contributed by atoms with Crippen LogP contribution in [0.2, 0.25) is 10.0 Å². The van der Waals surface area contributed by atoms with Crippen LogP contribution >= 0.6 is 23.2 Å². The summed E-state index contributed by atoms with van der Waals surface area (Å²) in [5.74, 6) is -0.160. The fourth-order valence-electron chi connectivity index (χ4n) is 1.42. The van der Waals surface area contributed by atoms with Gasteiger partial charge in [0.2, 0.25) is 5.76 Å². The standard InChI is InChI=1S/C12H11Cl2NO3/c13-9-2-1-8(10(14)5-9)6-15-12(16)11-7-17-3-4-18-11/h1-2,5,7H,3-4,6H2,(H,15,16). The smallest absolute Gasteiger partial charge is 0.289 e. The fourth-order valence-corrected chi connectivity index (χ4v) is 1.89. The van der Waals surface area contributed by atoms with Gasteiger partial charge in [-0.15, -0.1) is 0 Å². The Kier molecular flexibility index (Phi) is 4.33. The third-order valence-corrected chi connectivity index (χ3v) is 2.91. The third-order valence-electron chi connectivity index (χ3n) is 2.33. The average molecular weight is 288 g/mol. The van der Waals surface area contributed by atoms with Gasteiger partial charge in [-0.2, -0.15) is 0 Å². The first-order valence-corrected chi connectivity index (χ1v) is 6.09. The second-order valence-corrected chi connectivity index (χ2v) is 4.46. The van der Waals surface area contributed by atoms with Crippen LogP contribution in [0.5, 0.6) is 0 Å². The van der Waals surface area contributed by atoms with Gasteiger partial charge < -0.3 is 14.8 Å².